The van der Waals surface area contributed by atoms with Gasteiger partial charge >= 0.3 is 0 Å². The first-order valence-electron chi connectivity index (χ1n) is 5.66. The summed E-state index contributed by atoms with van der Waals surface area (Å²) in [6.07, 6.45) is 0. The molecule has 0 aliphatic carbocycles. The third-order valence-corrected chi connectivity index (χ3v) is 3.32. The molecular weight excluding hydrogens is 251 g/mol. The van der Waals surface area contributed by atoms with Gasteiger partial charge < -0.3 is 4.74 Å². The molecule has 2 aromatic carbocycles. The monoisotopic (exact) mass is 264 g/mol. The molecule has 94 valence electrons. The molecule has 1 atom stereocenters. The average molecular weight is 265 g/mol. The van der Waals surface area contributed by atoms with Gasteiger partial charge in [0.2, 0.25) is 0 Å². The second-order valence-electron chi connectivity index (χ2n) is 4.16. The maximum atomic E-state index is 13.7. The lowest BCUT2D eigenvalue weighted by atomic mass is 10.0. The van der Waals surface area contributed by atoms with E-state index in [0.717, 1.165) is 16.9 Å². The molecule has 0 aromatic heterocycles. The molecule has 0 bridgehead atoms. The number of halogens is 2. The highest BCUT2D eigenvalue weighted by Gasteiger charge is 2.15. The van der Waals surface area contributed by atoms with Crippen LogP contribution in [0.2, 0.25) is 0 Å². The van der Waals surface area contributed by atoms with Crippen LogP contribution in [0.4, 0.5) is 4.39 Å². The van der Waals surface area contributed by atoms with Gasteiger partial charge in [-0.3, -0.25) is 0 Å². The molecule has 0 fully saturated rings. The van der Waals surface area contributed by atoms with Crippen molar-refractivity contribution in [3.63, 3.8) is 0 Å². The predicted molar refractivity (Wildman–Crippen MR) is 71.8 cm³/mol. The number of methoxy groups -OCH3 is 1. The molecule has 2 rings (SSSR count). The Morgan fingerprint density at radius 2 is 1.78 bits per heavy atom. The van der Waals surface area contributed by atoms with Gasteiger partial charge in [-0.15, -0.1) is 11.6 Å². The maximum absolute atomic E-state index is 13.7. The maximum Gasteiger partial charge on any atom is 0.128 e. The molecule has 3 heteroatoms. The summed E-state index contributed by atoms with van der Waals surface area (Å²) in [4.78, 5) is 0. The number of rotatable bonds is 3. The Kier molecular flexibility index (Phi) is 3.87. The summed E-state index contributed by atoms with van der Waals surface area (Å²) in [7, 11) is 1.60. The Bertz CT molecular complexity index is 537. The van der Waals surface area contributed by atoms with Crippen LogP contribution >= 0.6 is 11.6 Å². The number of benzene rings is 2. The topological polar surface area (TPSA) is 9.23 Å². The van der Waals surface area contributed by atoms with Crippen molar-refractivity contribution in [2.45, 2.75) is 12.3 Å². The first kappa shape index (κ1) is 12.9. The van der Waals surface area contributed by atoms with Crippen LogP contribution in [0.3, 0.4) is 0 Å². The fraction of sp³-hybridized carbons (Fsp3) is 0.200. The van der Waals surface area contributed by atoms with E-state index < -0.39 is 5.38 Å². The van der Waals surface area contributed by atoms with Crippen molar-refractivity contribution in [1.82, 2.24) is 0 Å². The molecule has 18 heavy (non-hydrogen) atoms. The molecule has 2 aromatic rings. The number of aryl methyl sites for hydroxylation is 1. The molecule has 0 amide bonds. The highest BCUT2D eigenvalue weighted by Crippen LogP contribution is 2.31. The standard InChI is InChI=1S/C15H14ClFO/c1-10-3-8-14(17)13(9-10)15(16)11-4-6-12(18-2)7-5-11/h3-9,15H,1-2H3. The Hall–Kier alpha value is -1.54. The smallest absolute Gasteiger partial charge is 0.128 e. The van der Waals surface area contributed by atoms with Gasteiger partial charge in [-0.25, -0.2) is 4.39 Å². The van der Waals surface area contributed by atoms with Crippen molar-refractivity contribution in [2.75, 3.05) is 7.11 Å². The highest BCUT2D eigenvalue weighted by molar-refractivity contribution is 6.22. The largest absolute Gasteiger partial charge is 0.497 e. The molecule has 0 radical (unpaired) electrons. The summed E-state index contributed by atoms with van der Waals surface area (Å²) < 4.78 is 18.8. The van der Waals surface area contributed by atoms with Crippen molar-refractivity contribution in [1.29, 1.82) is 0 Å². The summed E-state index contributed by atoms with van der Waals surface area (Å²) in [5.74, 6) is 0.476. The van der Waals surface area contributed by atoms with Gasteiger partial charge in [-0.2, -0.15) is 0 Å². The van der Waals surface area contributed by atoms with Crippen molar-refractivity contribution in [3.05, 3.63) is 65.0 Å². The van der Waals surface area contributed by atoms with Crippen molar-refractivity contribution in [3.8, 4) is 5.75 Å². The molecule has 0 aliphatic rings. The zero-order chi connectivity index (χ0) is 13.1. The zero-order valence-electron chi connectivity index (χ0n) is 10.3. The molecule has 0 aliphatic heterocycles. The number of hydrogen-bond donors (Lipinski definition) is 0. The third-order valence-electron chi connectivity index (χ3n) is 2.83. The molecule has 0 saturated heterocycles. The van der Waals surface area contributed by atoms with E-state index in [4.69, 9.17) is 16.3 Å². The molecule has 0 spiro atoms. The van der Waals surface area contributed by atoms with Gasteiger partial charge in [0, 0.05) is 5.56 Å². The van der Waals surface area contributed by atoms with E-state index in [0.29, 0.717) is 5.56 Å². The van der Waals surface area contributed by atoms with Gasteiger partial charge in [-0.1, -0.05) is 29.8 Å². The second-order valence-corrected chi connectivity index (χ2v) is 4.60. The van der Waals surface area contributed by atoms with Crippen molar-refractivity contribution < 1.29 is 9.13 Å². The second kappa shape index (κ2) is 5.40. The first-order valence-corrected chi connectivity index (χ1v) is 6.09. The molecule has 0 saturated carbocycles. The van der Waals surface area contributed by atoms with Crippen LogP contribution in [0.25, 0.3) is 0 Å². The minimum Gasteiger partial charge on any atom is -0.497 e. The van der Waals surface area contributed by atoms with Crippen LogP contribution in [0.5, 0.6) is 5.75 Å². The lowest BCUT2D eigenvalue weighted by molar-refractivity contribution is 0.414. The minimum absolute atomic E-state index is 0.281. The third kappa shape index (κ3) is 2.65. The van der Waals surface area contributed by atoms with Crippen LogP contribution in [0.15, 0.2) is 42.5 Å². The fourth-order valence-electron chi connectivity index (χ4n) is 1.81. The highest BCUT2D eigenvalue weighted by atomic mass is 35.5. The summed E-state index contributed by atoms with van der Waals surface area (Å²) in [6, 6.07) is 12.3. The Morgan fingerprint density at radius 1 is 1.11 bits per heavy atom. The average Bonchev–Trinajstić information content (AvgIpc) is 2.41. The van der Waals surface area contributed by atoms with Gasteiger partial charge in [0.25, 0.3) is 0 Å². The predicted octanol–water partition coefficient (Wildman–Crippen LogP) is 4.47. The number of hydrogen-bond acceptors (Lipinski definition) is 1. The van der Waals surface area contributed by atoms with Gasteiger partial charge in [0.05, 0.1) is 12.5 Å². The Balaban J connectivity index is 2.34. The number of ether oxygens (including phenoxy) is 1. The SMILES string of the molecule is COc1ccc(C(Cl)c2cc(C)ccc2F)cc1. The van der Waals surface area contributed by atoms with Crippen molar-refractivity contribution in [2.24, 2.45) is 0 Å². The molecular formula is C15H14ClFO. The molecule has 1 unspecified atom stereocenters. The lowest BCUT2D eigenvalue weighted by Crippen LogP contribution is -1.98. The van der Waals surface area contributed by atoms with E-state index in [1.165, 1.54) is 6.07 Å². The molecule has 1 nitrogen and oxygen atoms in total. The normalized spacial score (nSPS) is 12.2. The summed E-state index contributed by atoms with van der Waals surface area (Å²) >= 11 is 6.32. The van der Waals surface area contributed by atoms with Crippen molar-refractivity contribution >= 4 is 11.6 Å². The van der Waals surface area contributed by atoms with Crippen LogP contribution < -0.4 is 4.74 Å². The minimum atomic E-state index is -0.490. The summed E-state index contributed by atoms with van der Waals surface area (Å²) in [6.45, 7) is 1.92. The van der Waals surface area contributed by atoms with Gasteiger partial charge in [-0.05, 0) is 30.7 Å². The van der Waals surface area contributed by atoms with E-state index in [1.807, 2.05) is 31.2 Å². The Labute approximate surface area is 111 Å². The van der Waals surface area contributed by atoms with Gasteiger partial charge in [0.15, 0.2) is 0 Å². The van der Waals surface area contributed by atoms with E-state index in [2.05, 4.69) is 0 Å². The summed E-state index contributed by atoms with van der Waals surface area (Å²) in [5.41, 5.74) is 2.34. The van der Waals surface area contributed by atoms with E-state index >= 15 is 0 Å². The Morgan fingerprint density at radius 3 is 2.39 bits per heavy atom. The van der Waals surface area contributed by atoms with Crippen LogP contribution in [0.1, 0.15) is 22.1 Å². The lowest BCUT2D eigenvalue weighted by Gasteiger charge is -2.12. The quantitative estimate of drug-likeness (QED) is 0.743. The van der Waals surface area contributed by atoms with Crippen LogP contribution in [-0.2, 0) is 0 Å². The zero-order valence-corrected chi connectivity index (χ0v) is 11.0. The number of alkyl halides is 1. The van der Waals surface area contributed by atoms with E-state index in [9.17, 15) is 4.39 Å². The summed E-state index contributed by atoms with van der Waals surface area (Å²) in [5, 5.41) is -0.490. The first-order chi connectivity index (χ1) is 8.61. The molecule has 0 heterocycles. The van der Waals surface area contributed by atoms with Crippen LogP contribution in [0, 0.1) is 12.7 Å². The van der Waals surface area contributed by atoms with Gasteiger partial charge in [0.1, 0.15) is 11.6 Å². The molecule has 0 N–H and O–H groups in total. The van der Waals surface area contributed by atoms with E-state index in [1.54, 1.807) is 19.2 Å². The fourth-order valence-corrected chi connectivity index (χ4v) is 2.12. The van der Waals surface area contributed by atoms with E-state index in [-0.39, 0.29) is 5.82 Å². The van der Waals surface area contributed by atoms with Crippen LogP contribution in [-0.4, -0.2) is 7.11 Å².